The van der Waals surface area contributed by atoms with Gasteiger partial charge in [-0.3, -0.25) is 4.79 Å². The van der Waals surface area contributed by atoms with E-state index in [0.29, 0.717) is 18.4 Å². The molecule has 0 unspecified atom stereocenters. The Balaban J connectivity index is 1.84. The molecular formula is C21H22N2O5S. The van der Waals surface area contributed by atoms with Crippen LogP contribution >= 0.6 is 0 Å². The SMILES string of the molecule is COC(=O)/C(=C\c1ccccc1)NC(=O)[C@@H]1CCCN1S(=O)(=O)c1ccccc1. The third kappa shape index (κ3) is 4.72. The smallest absolute Gasteiger partial charge is 0.354 e. The second-order valence-electron chi connectivity index (χ2n) is 6.54. The van der Waals surface area contributed by atoms with Crippen molar-refractivity contribution in [1.29, 1.82) is 0 Å². The summed E-state index contributed by atoms with van der Waals surface area (Å²) in [5.74, 6) is -1.27. The van der Waals surface area contributed by atoms with E-state index in [4.69, 9.17) is 4.74 Å². The van der Waals surface area contributed by atoms with Gasteiger partial charge in [-0.25, -0.2) is 13.2 Å². The number of carbonyl (C=O) groups excluding carboxylic acids is 2. The maximum Gasteiger partial charge on any atom is 0.354 e. The number of ether oxygens (including phenoxy) is 1. The van der Waals surface area contributed by atoms with Crippen molar-refractivity contribution in [2.75, 3.05) is 13.7 Å². The second-order valence-corrected chi connectivity index (χ2v) is 8.43. The number of hydrogen-bond donors (Lipinski definition) is 1. The van der Waals surface area contributed by atoms with Gasteiger partial charge in [0.05, 0.1) is 12.0 Å². The molecule has 2 aromatic carbocycles. The molecule has 0 aromatic heterocycles. The average molecular weight is 414 g/mol. The van der Waals surface area contributed by atoms with Crippen molar-refractivity contribution < 1.29 is 22.7 Å². The van der Waals surface area contributed by atoms with Gasteiger partial charge in [-0.05, 0) is 36.6 Å². The van der Waals surface area contributed by atoms with E-state index in [1.165, 1.54) is 29.6 Å². The van der Waals surface area contributed by atoms with E-state index in [2.05, 4.69) is 5.32 Å². The van der Waals surface area contributed by atoms with Crippen LogP contribution in [0.5, 0.6) is 0 Å². The van der Waals surface area contributed by atoms with E-state index in [9.17, 15) is 18.0 Å². The Hall–Kier alpha value is -2.97. The summed E-state index contributed by atoms with van der Waals surface area (Å²) in [4.78, 5) is 25.2. The molecule has 152 valence electrons. The lowest BCUT2D eigenvalue weighted by Gasteiger charge is -2.23. The van der Waals surface area contributed by atoms with Crippen molar-refractivity contribution in [2.24, 2.45) is 0 Å². The van der Waals surface area contributed by atoms with E-state index in [-0.39, 0.29) is 17.1 Å². The van der Waals surface area contributed by atoms with Gasteiger partial charge in [0, 0.05) is 6.54 Å². The fourth-order valence-corrected chi connectivity index (χ4v) is 4.88. The lowest BCUT2D eigenvalue weighted by molar-refractivity contribution is -0.138. The predicted octanol–water partition coefficient (Wildman–Crippen LogP) is 2.17. The highest BCUT2D eigenvalue weighted by atomic mass is 32.2. The Morgan fingerprint density at radius 2 is 1.69 bits per heavy atom. The van der Waals surface area contributed by atoms with E-state index in [1.54, 1.807) is 42.5 Å². The van der Waals surface area contributed by atoms with Crippen molar-refractivity contribution in [3.05, 3.63) is 71.9 Å². The molecule has 0 radical (unpaired) electrons. The van der Waals surface area contributed by atoms with Gasteiger partial charge in [0.1, 0.15) is 11.7 Å². The van der Waals surface area contributed by atoms with Crippen LogP contribution in [0.3, 0.4) is 0 Å². The van der Waals surface area contributed by atoms with E-state index in [0.717, 1.165) is 0 Å². The van der Waals surface area contributed by atoms with Gasteiger partial charge in [-0.2, -0.15) is 4.31 Å². The molecule has 0 saturated carbocycles. The average Bonchev–Trinajstić information content (AvgIpc) is 3.25. The molecule has 7 nitrogen and oxygen atoms in total. The summed E-state index contributed by atoms with van der Waals surface area (Å²) in [7, 11) is -2.60. The molecule has 1 heterocycles. The first-order valence-electron chi connectivity index (χ1n) is 9.16. The number of sulfonamides is 1. The van der Waals surface area contributed by atoms with Crippen LogP contribution in [0.4, 0.5) is 0 Å². The first kappa shape index (κ1) is 20.8. The number of amides is 1. The first-order valence-corrected chi connectivity index (χ1v) is 10.6. The molecule has 3 rings (SSSR count). The highest BCUT2D eigenvalue weighted by Gasteiger charge is 2.39. The zero-order valence-corrected chi connectivity index (χ0v) is 16.8. The van der Waals surface area contributed by atoms with Crippen LogP contribution in [0.1, 0.15) is 18.4 Å². The van der Waals surface area contributed by atoms with Crippen LogP contribution in [-0.2, 0) is 24.3 Å². The van der Waals surface area contributed by atoms with E-state index in [1.807, 2.05) is 6.07 Å². The fourth-order valence-electron chi connectivity index (χ4n) is 3.21. The molecule has 1 aliphatic rings. The van der Waals surface area contributed by atoms with Crippen molar-refractivity contribution >= 4 is 28.0 Å². The molecule has 1 saturated heterocycles. The quantitative estimate of drug-likeness (QED) is 0.578. The molecule has 8 heteroatoms. The third-order valence-corrected chi connectivity index (χ3v) is 6.55. The van der Waals surface area contributed by atoms with Gasteiger partial charge in [0.2, 0.25) is 15.9 Å². The molecule has 1 fully saturated rings. The maximum absolute atomic E-state index is 13.0. The fraction of sp³-hybridized carbons (Fsp3) is 0.238. The van der Waals surface area contributed by atoms with E-state index >= 15 is 0 Å². The van der Waals surface area contributed by atoms with E-state index < -0.39 is 27.9 Å². The molecule has 1 N–H and O–H groups in total. The van der Waals surface area contributed by atoms with Crippen LogP contribution in [0.2, 0.25) is 0 Å². The summed E-state index contributed by atoms with van der Waals surface area (Å²) < 4.78 is 31.9. The van der Waals surface area contributed by atoms with Gasteiger partial charge in [-0.1, -0.05) is 48.5 Å². The van der Waals surface area contributed by atoms with Crippen molar-refractivity contribution in [2.45, 2.75) is 23.8 Å². The van der Waals surface area contributed by atoms with Gasteiger partial charge in [-0.15, -0.1) is 0 Å². The normalized spacial score (nSPS) is 17.7. The summed E-state index contributed by atoms with van der Waals surface area (Å²) in [6.07, 6.45) is 2.42. The molecule has 1 amide bonds. The van der Waals surface area contributed by atoms with Crippen LogP contribution in [-0.4, -0.2) is 44.3 Å². The zero-order valence-electron chi connectivity index (χ0n) is 15.9. The van der Waals surface area contributed by atoms with Crippen LogP contribution < -0.4 is 5.32 Å². The molecule has 1 atom stereocenters. The predicted molar refractivity (Wildman–Crippen MR) is 108 cm³/mol. The number of carbonyl (C=O) groups is 2. The molecule has 0 aliphatic carbocycles. The molecule has 2 aromatic rings. The second kappa shape index (κ2) is 9.02. The van der Waals surface area contributed by atoms with Crippen LogP contribution in [0.25, 0.3) is 6.08 Å². The topological polar surface area (TPSA) is 92.8 Å². The summed E-state index contributed by atoms with van der Waals surface area (Å²) in [5.41, 5.74) is 0.654. The molecule has 1 aliphatic heterocycles. The molecule has 0 bridgehead atoms. The molecule has 0 spiro atoms. The van der Waals surface area contributed by atoms with Crippen molar-refractivity contribution in [3.63, 3.8) is 0 Å². The Morgan fingerprint density at radius 3 is 2.31 bits per heavy atom. The van der Waals surface area contributed by atoms with Gasteiger partial charge in [0.15, 0.2) is 0 Å². The summed E-state index contributed by atoms with van der Waals surface area (Å²) in [6, 6.07) is 16.1. The number of methoxy groups -OCH3 is 1. The summed E-state index contributed by atoms with van der Waals surface area (Å²) >= 11 is 0. The Labute approximate surface area is 170 Å². The van der Waals surface area contributed by atoms with Gasteiger partial charge >= 0.3 is 5.97 Å². The number of esters is 1. The molecular weight excluding hydrogens is 392 g/mol. The minimum Gasteiger partial charge on any atom is -0.464 e. The third-order valence-electron chi connectivity index (χ3n) is 4.63. The standard InChI is InChI=1S/C21H22N2O5S/c1-28-21(25)18(15-16-9-4-2-5-10-16)22-20(24)19-13-8-14-23(19)29(26,27)17-11-6-3-7-12-17/h2-7,9-12,15,19H,8,13-14H2,1H3,(H,22,24)/b18-15+/t19-/m0/s1. The zero-order chi connectivity index (χ0) is 20.9. The Bertz CT molecular complexity index is 1000. The number of nitrogens with one attached hydrogen (secondary N) is 1. The largest absolute Gasteiger partial charge is 0.464 e. The number of hydrogen-bond acceptors (Lipinski definition) is 5. The highest BCUT2D eigenvalue weighted by molar-refractivity contribution is 7.89. The summed E-state index contributed by atoms with van der Waals surface area (Å²) in [5, 5.41) is 2.55. The van der Waals surface area contributed by atoms with Crippen molar-refractivity contribution in [1.82, 2.24) is 9.62 Å². The Kier molecular flexibility index (Phi) is 6.46. The minimum absolute atomic E-state index is 0.0485. The van der Waals surface area contributed by atoms with Crippen LogP contribution in [0.15, 0.2) is 71.3 Å². The summed E-state index contributed by atoms with van der Waals surface area (Å²) in [6.45, 7) is 0.241. The highest BCUT2D eigenvalue weighted by Crippen LogP contribution is 2.26. The molecule has 29 heavy (non-hydrogen) atoms. The Morgan fingerprint density at radius 1 is 1.07 bits per heavy atom. The maximum atomic E-state index is 13.0. The minimum atomic E-state index is -3.82. The van der Waals surface area contributed by atoms with Crippen molar-refractivity contribution in [3.8, 4) is 0 Å². The lowest BCUT2D eigenvalue weighted by atomic mass is 10.1. The number of nitrogens with zero attached hydrogens (tertiary/aromatic N) is 1. The first-order chi connectivity index (χ1) is 13.9. The van der Waals surface area contributed by atoms with Gasteiger partial charge in [0.25, 0.3) is 0 Å². The van der Waals surface area contributed by atoms with Crippen LogP contribution in [0, 0.1) is 0 Å². The number of rotatable bonds is 6. The number of benzene rings is 2. The monoisotopic (exact) mass is 414 g/mol. The lowest BCUT2D eigenvalue weighted by Crippen LogP contribution is -2.46. The van der Waals surface area contributed by atoms with Gasteiger partial charge < -0.3 is 10.1 Å².